The predicted octanol–water partition coefficient (Wildman–Crippen LogP) is 3.44. The van der Waals surface area contributed by atoms with Crippen LogP contribution in [-0.2, 0) is 16.6 Å². The van der Waals surface area contributed by atoms with E-state index in [1.165, 1.54) is 12.1 Å². The summed E-state index contributed by atoms with van der Waals surface area (Å²) in [6.07, 6.45) is 3.07. The first kappa shape index (κ1) is 18.9. The first-order chi connectivity index (χ1) is 12.5. The Labute approximate surface area is 159 Å². The lowest BCUT2D eigenvalue weighted by molar-refractivity contribution is 0.0724. The topological polar surface area (TPSA) is 66.5 Å². The van der Waals surface area contributed by atoms with Crippen molar-refractivity contribution in [1.29, 1.82) is 0 Å². The molecular formula is C19H21ClN2O3S. The number of hydrogen-bond acceptors (Lipinski definition) is 3. The Morgan fingerprint density at radius 3 is 2.42 bits per heavy atom. The molecule has 0 aromatic heterocycles. The molecule has 0 radical (unpaired) electrons. The summed E-state index contributed by atoms with van der Waals surface area (Å²) in [5.41, 5.74) is 1.18. The van der Waals surface area contributed by atoms with Gasteiger partial charge in [-0.15, -0.1) is 0 Å². The number of amides is 1. The first-order valence-electron chi connectivity index (χ1n) is 8.60. The van der Waals surface area contributed by atoms with Gasteiger partial charge in [0.2, 0.25) is 10.0 Å². The second kappa shape index (κ2) is 8.20. The number of nitrogens with zero attached hydrogens (tertiary/aromatic N) is 1. The molecule has 1 N–H and O–H groups in total. The van der Waals surface area contributed by atoms with Crippen LogP contribution in [0.4, 0.5) is 0 Å². The number of nitrogens with one attached hydrogen (secondary N) is 1. The van der Waals surface area contributed by atoms with E-state index in [1.54, 1.807) is 11.0 Å². The molecule has 1 aliphatic heterocycles. The van der Waals surface area contributed by atoms with Crippen molar-refractivity contribution in [3.8, 4) is 0 Å². The van der Waals surface area contributed by atoms with Crippen molar-refractivity contribution >= 4 is 27.5 Å². The van der Waals surface area contributed by atoms with Crippen LogP contribution >= 0.6 is 11.6 Å². The average Bonchev–Trinajstić information content (AvgIpc) is 2.68. The molecule has 1 aliphatic rings. The molecule has 1 fully saturated rings. The normalized spacial score (nSPS) is 15.0. The highest BCUT2D eigenvalue weighted by Crippen LogP contribution is 2.24. The fraction of sp³-hybridized carbons (Fsp3) is 0.316. The van der Waals surface area contributed by atoms with Gasteiger partial charge in [0.15, 0.2) is 0 Å². The van der Waals surface area contributed by atoms with Crippen molar-refractivity contribution in [1.82, 2.24) is 9.62 Å². The third-order valence-electron chi connectivity index (χ3n) is 4.42. The van der Waals surface area contributed by atoms with Gasteiger partial charge in [-0.1, -0.05) is 41.9 Å². The molecule has 0 unspecified atom stereocenters. The van der Waals surface area contributed by atoms with Crippen LogP contribution < -0.4 is 4.72 Å². The van der Waals surface area contributed by atoms with E-state index in [0.717, 1.165) is 24.8 Å². The molecule has 1 amide bonds. The summed E-state index contributed by atoms with van der Waals surface area (Å²) in [6.45, 7) is 1.56. The smallest absolute Gasteiger partial charge is 0.253 e. The fourth-order valence-corrected chi connectivity index (χ4v) is 4.52. The van der Waals surface area contributed by atoms with Crippen LogP contribution in [0.25, 0.3) is 0 Å². The van der Waals surface area contributed by atoms with E-state index in [-0.39, 0.29) is 22.4 Å². The summed E-state index contributed by atoms with van der Waals surface area (Å²) in [6, 6.07) is 13.6. The van der Waals surface area contributed by atoms with Crippen LogP contribution in [0.3, 0.4) is 0 Å². The van der Waals surface area contributed by atoms with Crippen LogP contribution in [0, 0.1) is 0 Å². The van der Waals surface area contributed by atoms with E-state index in [1.807, 2.05) is 30.3 Å². The number of benzene rings is 2. The van der Waals surface area contributed by atoms with E-state index >= 15 is 0 Å². The number of hydrogen-bond donors (Lipinski definition) is 1. The third kappa shape index (κ3) is 4.44. The highest BCUT2D eigenvalue weighted by atomic mass is 35.5. The molecule has 0 spiro atoms. The minimum atomic E-state index is -3.83. The van der Waals surface area contributed by atoms with Gasteiger partial charge in [0.1, 0.15) is 4.90 Å². The number of carbonyl (C=O) groups excluding carboxylic acids is 1. The van der Waals surface area contributed by atoms with Crippen LogP contribution in [0.15, 0.2) is 53.4 Å². The minimum absolute atomic E-state index is 0.0713. The maximum atomic E-state index is 12.7. The summed E-state index contributed by atoms with van der Waals surface area (Å²) in [5.74, 6) is -0.152. The molecule has 26 heavy (non-hydrogen) atoms. The number of piperidine rings is 1. The molecule has 3 rings (SSSR count). The molecule has 0 atom stereocenters. The summed E-state index contributed by atoms with van der Waals surface area (Å²) >= 11 is 6.11. The second-order valence-corrected chi connectivity index (χ2v) is 8.45. The van der Waals surface area contributed by atoms with Gasteiger partial charge in [-0.3, -0.25) is 4.79 Å². The van der Waals surface area contributed by atoms with Gasteiger partial charge < -0.3 is 4.90 Å². The zero-order chi connectivity index (χ0) is 18.6. The highest BCUT2D eigenvalue weighted by Gasteiger charge is 2.23. The first-order valence-corrected chi connectivity index (χ1v) is 10.5. The van der Waals surface area contributed by atoms with Gasteiger partial charge in [-0.2, -0.15) is 0 Å². The Bertz CT molecular complexity index is 879. The van der Waals surface area contributed by atoms with E-state index in [4.69, 9.17) is 11.6 Å². The van der Waals surface area contributed by atoms with Crippen molar-refractivity contribution in [3.05, 3.63) is 64.7 Å². The SMILES string of the molecule is O=C(c1ccc(Cl)c(S(=O)(=O)NCc2ccccc2)c1)N1CCCCC1. The standard InChI is InChI=1S/C19H21ClN2O3S/c20-17-10-9-16(19(23)22-11-5-2-6-12-22)13-18(17)26(24,25)21-14-15-7-3-1-4-8-15/h1,3-4,7-10,13,21H,2,5-6,11-12,14H2. The van der Waals surface area contributed by atoms with E-state index in [2.05, 4.69) is 4.72 Å². The molecular weight excluding hydrogens is 372 g/mol. The zero-order valence-corrected chi connectivity index (χ0v) is 15.9. The van der Waals surface area contributed by atoms with Crippen molar-refractivity contribution in [2.75, 3.05) is 13.1 Å². The number of carbonyl (C=O) groups is 1. The zero-order valence-electron chi connectivity index (χ0n) is 14.3. The molecule has 7 heteroatoms. The minimum Gasteiger partial charge on any atom is -0.339 e. The van der Waals surface area contributed by atoms with Crippen molar-refractivity contribution in [2.24, 2.45) is 0 Å². The quantitative estimate of drug-likeness (QED) is 0.847. The molecule has 1 heterocycles. The van der Waals surface area contributed by atoms with Crippen molar-refractivity contribution < 1.29 is 13.2 Å². The van der Waals surface area contributed by atoms with Gasteiger partial charge in [0, 0.05) is 25.2 Å². The maximum absolute atomic E-state index is 12.7. The molecule has 0 bridgehead atoms. The molecule has 2 aromatic carbocycles. The van der Waals surface area contributed by atoms with E-state index in [9.17, 15) is 13.2 Å². The number of rotatable bonds is 5. The van der Waals surface area contributed by atoms with Crippen LogP contribution in [0.5, 0.6) is 0 Å². The lowest BCUT2D eigenvalue weighted by Crippen LogP contribution is -2.35. The maximum Gasteiger partial charge on any atom is 0.253 e. The number of halogens is 1. The second-order valence-electron chi connectivity index (χ2n) is 6.31. The molecule has 0 aliphatic carbocycles. The van der Waals surface area contributed by atoms with Crippen molar-refractivity contribution in [2.45, 2.75) is 30.7 Å². The number of likely N-dealkylation sites (tertiary alicyclic amines) is 1. The number of sulfonamides is 1. The van der Waals surface area contributed by atoms with Crippen LogP contribution in [0.2, 0.25) is 5.02 Å². The summed E-state index contributed by atoms with van der Waals surface area (Å²) in [4.78, 5) is 14.3. The summed E-state index contributed by atoms with van der Waals surface area (Å²) < 4.78 is 27.9. The van der Waals surface area contributed by atoms with E-state index in [0.29, 0.717) is 18.7 Å². The van der Waals surface area contributed by atoms with Gasteiger partial charge in [-0.25, -0.2) is 13.1 Å². The van der Waals surface area contributed by atoms with Gasteiger partial charge in [0.05, 0.1) is 5.02 Å². The Kier molecular flexibility index (Phi) is 5.96. The molecule has 138 valence electrons. The molecule has 5 nitrogen and oxygen atoms in total. The summed E-state index contributed by atoms with van der Waals surface area (Å²) in [5, 5.41) is 0.0979. The highest BCUT2D eigenvalue weighted by molar-refractivity contribution is 7.89. The van der Waals surface area contributed by atoms with E-state index < -0.39 is 10.0 Å². The van der Waals surface area contributed by atoms with Crippen molar-refractivity contribution in [3.63, 3.8) is 0 Å². The fourth-order valence-electron chi connectivity index (χ4n) is 2.97. The molecule has 0 saturated carbocycles. The Balaban J connectivity index is 1.81. The van der Waals surface area contributed by atoms with Gasteiger partial charge >= 0.3 is 0 Å². The monoisotopic (exact) mass is 392 g/mol. The lowest BCUT2D eigenvalue weighted by Gasteiger charge is -2.27. The van der Waals surface area contributed by atoms with Crippen LogP contribution in [0.1, 0.15) is 35.2 Å². The largest absolute Gasteiger partial charge is 0.339 e. The third-order valence-corrected chi connectivity index (χ3v) is 6.30. The average molecular weight is 393 g/mol. The Morgan fingerprint density at radius 2 is 1.73 bits per heavy atom. The van der Waals surface area contributed by atoms with Gasteiger partial charge in [-0.05, 0) is 43.0 Å². The predicted molar refractivity (Wildman–Crippen MR) is 102 cm³/mol. The molecule has 2 aromatic rings. The van der Waals surface area contributed by atoms with Crippen LogP contribution in [-0.4, -0.2) is 32.3 Å². The lowest BCUT2D eigenvalue weighted by atomic mass is 10.1. The molecule has 1 saturated heterocycles. The Morgan fingerprint density at radius 1 is 1.04 bits per heavy atom. The summed E-state index contributed by atoms with van der Waals surface area (Å²) in [7, 11) is -3.83. The Hall–Kier alpha value is -1.89. The van der Waals surface area contributed by atoms with Gasteiger partial charge in [0.25, 0.3) is 5.91 Å².